The number of nitrogens with zero attached hydrogens (tertiary/aromatic N) is 1. The minimum absolute atomic E-state index is 0.0716. The van der Waals surface area contributed by atoms with Gasteiger partial charge in [-0.25, -0.2) is 4.98 Å². The molecule has 3 rings (SSSR count). The van der Waals surface area contributed by atoms with E-state index in [0.717, 1.165) is 11.1 Å². The number of rotatable bonds is 1. The number of benzene rings is 1. The zero-order valence-corrected chi connectivity index (χ0v) is 10.3. The molecule has 0 fully saturated rings. The summed E-state index contributed by atoms with van der Waals surface area (Å²) in [5.74, 6) is 0.163. The molecule has 0 aliphatic heterocycles. The smallest absolute Gasteiger partial charge is 0.191 e. The van der Waals surface area contributed by atoms with Crippen LogP contribution in [0.1, 0.15) is 5.56 Å². The lowest BCUT2D eigenvalue weighted by atomic mass is 10.1. The monoisotopic (exact) mass is 252 g/mol. The van der Waals surface area contributed by atoms with Crippen molar-refractivity contribution in [2.75, 3.05) is 0 Å². The van der Waals surface area contributed by atoms with Crippen LogP contribution in [-0.2, 0) is 0 Å². The van der Waals surface area contributed by atoms with Gasteiger partial charge in [0.25, 0.3) is 0 Å². The van der Waals surface area contributed by atoms with Crippen molar-refractivity contribution in [2.24, 2.45) is 0 Å². The van der Waals surface area contributed by atoms with Gasteiger partial charge in [0, 0.05) is 17.8 Å². The molecule has 4 heteroatoms. The minimum Gasteiger partial charge on any atom is -0.508 e. The van der Waals surface area contributed by atoms with Gasteiger partial charge in [-0.3, -0.25) is 4.79 Å². The van der Waals surface area contributed by atoms with Gasteiger partial charge in [-0.1, -0.05) is 12.1 Å². The van der Waals surface area contributed by atoms with E-state index in [1.165, 1.54) is 6.07 Å². The molecule has 3 aromatic rings. The average Bonchev–Trinajstić information content (AvgIpc) is 2.38. The molecule has 0 saturated heterocycles. The SMILES string of the molecule is Cc1ccnc2[nH]c(-c3cccc(O)c3)cc(=O)c12. The third-order valence-corrected chi connectivity index (χ3v) is 3.09. The molecule has 0 aliphatic rings. The van der Waals surface area contributed by atoms with E-state index in [9.17, 15) is 9.90 Å². The largest absolute Gasteiger partial charge is 0.508 e. The Morgan fingerprint density at radius 1 is 1.21 bits per heavy atom. The number of aromatic nitrogens is 2. The van der Waals surface area contributed by atoms with Crippen molar-refractivity contribution in [3.63, 3.8) is 0 Å². The van der Waals surface area contributed by atoms with Crippen molar-refractivity contribution in [3.8, 4) is 17.0 Å². The number of phenolic OH excluding ortho intramolecular Hbond substituents is 1. The number of aryl methyl sites for hydroxylation is 1. The first-order valence-corrected chi connectivity index (χ1v) is 5.93. The summed E-state index contributed by atoms with van der Waals surface area (Å²) < 4.78 is 0. The summed E-state index contributed by atoms with van der Waals surface area (Å²) in [4.78, 5) is 19.5. The Kier molecular flexibility index (Phi) is 2.56. The average molecular weight is 252 g/mol. The van der Waals surface area contributed by atoms with Crippen LogP contribution in [0.5, 0.6) is 5.75 Å². The molecule has 4 nitrogen and oxygen atoms in total. The Morgan fingerprint density at radius 2 is 2.05 bits per heavy atom. The maximum absolute atomic E-state index is 12.2. The minimum atomic E-state index is -0.0716. The van der Waals surface area contributed by atoms with Crippen LogP contribution in [0, 0.1) is 6.92 Å². The fourth-order valence-electron chi connectivity index (χ4n) is 2.16. The normalized spacial score (nSPS) is 10.8. The van der Waals surface area contributed by atoms with Gasteiger partial charge in [0.1, 0.15) is 11.4 Å². The molecule has 0 aliphatic carbocycles. The Morgan fingerprint density at radius 3 is 2.84 bits per heavy atom. The second kappa shape index (κ2) is 4.24. The summed E-state index contributed by atoms with van der Waals surface area (Å²) in [6.07, 6.45) is 1.67. The molecule has 19 heavy (non-hydrogen) atoms. The third-order valence-electron chi connectivity index (χ3n) is 3.09. The predicted molar refractivity (Wildman–Crippen MR) is 74.2 cm³/mol. The van der Waals surface area contributed by atoms with Gasteiger partial charge in [0.15, 0.2) is 5.43 Å². The molecule has 0 amide bonds. The molecule has 0 atom stereocenters. The van der Waals surface area contributed by atoms with E-state index in [0.29, 0.717) is 16.7 Å². The number of H-pyrrole nitrogens is 1. The van der Waals surface area contributed by atoms with E-state index < -0.39 is 0 Å². The van der Waals surface area contributed by atoms with Crippen LogP contribution in [-0.4, -0.2) is 15.1 Å². The van der Waals surface area contributed by atoms with Crippen LogP contribution in [0.3, 0.4) is 0 Å². The number of hydrogen-bond acceptors (Lipinski definition) is 3. The number of aromatic hydroxyl groups is 1. The molecule has 0 unspecified atom stereocenters. The highest BCUT2D eigenvalue weighted by Gasteiger charge is 2.07. The van der Waals surface area contributed by atoms with Crippen molar-refractivity contribution in [1.29, 1.82) is 0 Å². The second-order valence-electron chi connectivity index (χ2n) is 4.45. The van der Waals surface area contributed by atoms with Gasteiger partial charge in [-0.05, 0) is 30.7 Å². The van der Waals surface area contributed by atoms with E-state index in [2.05, 4.69) is 9.97 Å². The zero-order chi connectivity index (χ0) is 13.4. The zero-order valence-electron chi connectivity index (χ0n) is 10.3. The Labute approximate surface area is 109 Å². The Hall–Kier alpha value is -2.62. The summed E-state index contributed by atoms with van der Waals surface area (Å²) in [5, 5.41) is 10.1. The quantitative estimate of drug-likeness (QED) is 0.699. The van der Waals surface area contributed by atoms with Crippen LogP contribution in [0.25, 0.3) is 22.3 Å². The van der Waals surface area contributed by atoms with Crippen LogP contribution >= 0.6 is 0 Å². The van der Waals surface area contributed by atoms with Crippen molar-refractivity contribution in [1.82, 2.24) is 9.97 Å². The number of hydrogen-bond donors (Lipinski definition) is 2. The standard InChI is InChI=1S/C15H12N2O2/c1-9-5-6-16-15-14(9)13(19)8-12(17-15)10-3-2-4-11(18)7-10/h2-8,18H,1H3,(H,16,17,19). The highest BCUT2D eigenvalue weighted by atomic mass is 16.3. The predicted octanol–water partition coefficient (Wildman–Crippen LogP) is 2.60. The molecule has 1 aromatic carbocycles. The Balaban J connectivity index is 2.30. The molecule has 2 heterocycles. The van der Waals surface area contributed by atoms with E-state index in [1.54, 1.807) is 24.4 Å². The number of phenols is 1. The summed E-state index contributed by atoms with van der Waals surface area (Å²) in [7, 11) is 0. The summed E-state index contributed by atoms with van der Waals surface area (Å²) >= 11 is 0. The van der Waals surface area contributed by atoms with Crippen LogP contribution in [0.4, 0.5) is 0 Å². The van der Waals surface area contributed by atoms with E-state index in [-0.39, 0.29) is 11.2 Å². The molecule has 0 bridgehead atoms. The van der Waals surface area contributed by atoms with Crippen molar-refractivity contribution in [2.45, 2.75) is 6.92 Å². The fraction of sp³-hybridized carbons (Fsp3) is 0.0667. The lowest BCUT2D eigenvalue weighted by molar-refractivity contribution is 0.475. The van der Waals surface area contributed by atoms with Crippen LogP contribution in [0.15, 0.2) is 47.4 Å². The highest BCUT2D eigenvalue weighted by molar-refractivity contribution is 5.81. The van der Waals surface area contributed by atoms with Crippen LogP contribution in [0.2, 0.25) is 0 Å². The van der Waals surface area contributed by atoms with Gasteiger partial charge in [-0.15, -0.1) is 0 Å². The fourth-order valence-corrected chi connectivity index (χ4v) is 2.16. The summed E-state index contributed by atoms with van der Waals surface area (Å²) in [6, 6.07) is 10.1. The van der Waals surface area contributed by atoms with E-state index >= 15 is 0 Å². The van der Waals surface area contributed by atoms with Crippen molar-refractivity contribution < 1.29 is 5.11 Å². The van der Waals surface area contributed by atoms with Crippen molar-refractivity contribution >= 4 is 11.0 Å². The number of pyridine rings is 2. The topological polar surface area (TPSA) is 66.0 Å². The third kappa shape index (κ3) is 1.97. The molecule has 0 spiro atoms. The summed E-state index contributed by atoms with van der Waals surface area (Å²) in [5.41, 5.74) is 2.78. The Bertz CT molecular complexity index is 822. The number of aromatic amines is 1. The molecule has 94 valence electrons. The first-order valence-electron chi connectivity index (χ1n) is 5.93. The van der Waals surface area contributed by atoms with Gasteiger partial charge in [0.2, 0.25) is 0 Å². The molecule has 0 radical (unpaired) electrons. The van der Waals surface area contributed by atoms with E-state index in [1.807, 2.05) is 19.1 Å². The molecule has 2 aromatic heterocycles. The second-order valence-corrected chi connectivity index (χ2v) is 4.45. The van der Waals surface area contributed by atoms with Crippen molar-refractivity contribution in [3.05, 3.63) is 58.4 Å². The number of fused-ring (bicyclic) bond motifs is 1. The highest BCUT2D eigenvalue weighted by Crippen LogP contribution is 2.22. The molecule has 2 N–H and O–H groups in total. The first-order chi connectivity index (χ1) is 9.15. The first kappa shape index (κ1) is 11.5. The lowest BCUT2D eigenvalue weighted by Gasteiger charge is -2.06. The summed E-state index contributed by atoms with van der Waals surface area (Å²) in [6.45, 7) is 1.88. The lowest BCUT2D eigenvalue weighted by Crippen LogP contribution is -2.05. The number of nitrogens with one attached hydrogen (secondary N) is 1. The molecular formula is C15H12N2O2. The molecular weight excluding hydrogens is 240 g/mol. The van der Waals surface area contributed by atoms with Gasteiger partial charge in [-0.2, -0.15) is 0 Å². The van der Waals surface area contributed by atoms with Crippen LogP contribution < -0.4 is 5.43 Å². The maximum atomic E-state index is 12.2. The molecule has 0 saturated carbocycles. The maximum Gasteiger partial charge on any atom is 0.191 e. The van der Waals surface area contributed by atoms with Gasteiger partial charge in [0.05, 0.1) is 11.1 Å². The van der Waals surface area contributed by atoms with Gasteiger partial charge >= 0.3 is 0 Å². The van der Waals surface area contributed by atoms with Gasteiger partial charge < -0.3 is 10.1 Å². The van der Waals surface area contributed by atoms with E-state index in [4.69, 9.17) is 0 Å².